The molecule has 1 aliphatic rings. The monoisotopic (exact) mass is 475 g/mol. The fourth-order valence-electron chi connectivity index (χ4n) is 4.21. The van der Waals surface area contributed by atoms with Crippen LogP contribution in [0.15, 0.2) is 17.4 Å². The molecule has 186 valence electrons. The highest BCUT2D eigenvalue weighted by molar-refractivity contribution is 6.07. The zero-order valence-corrected chi connectivity index (χ0v) is 20.3. The minimum absolute atomic E-state index is 0.0813. The number of carbonyl (C=O) groups is 2. The number of rotatable bonds is 10. The number of ether oxygens (including phenoxy) is 1. The van der Waals surface area contributed by atoms with Gasteiger partial charge in [0.05, 0.1) is 24.5 Å². The number of carbonyl (C=O) groups excluding carboxylic acids is 2. The van der Waals surface area contributed by atoms with Crippen molar-refractivity contribution < 1.29 is 18.7 Å². The van der Waals surface area contributed by atoms with E-state index < -0.39 is 12.6 Å². The molecule has 1 aliphatic carbocycles. The molecule has 0 radical (unpaired) electrons. The van der Waals surface area contributed by atoms with E-state index in [9.17, 15) is 14.0 Å². The van der Waals surface area contributed by atoms with Gasteiger partial charge in [0.25, 0.3) is 5.91 Å². The van der Waals surface area contributed by atoms with Crippen LogP contribution >= 0.6 is 0 Å². The Hall–Kier alpha value is -3.08. The van der Waals surface area contributed by atoms with Gasteiger partial charge in [-0.05, 0) is 39.5 Å². The maximum Gasteiger partial charge on any atom is 0.261 e. The second kappa shape index (κ2) is 11.9. The van der Waals surface area contributed by atoms with Crippen LogP contribution in [0, 0.1) is 5.92 Å². The molecule has 11 heteroatoms. The molecule has 3 rings (SSSR count). The third-order valence-corrected chi connectivity index (χ3v) is 6.32. The third kappa shape index (κ3) is 5.88. The predicted molar refractivity (Wildman–Crippen MR) is 127 cm³/mol. The van der Waals surface area contributed by atoms with E-state index in [0.29, 0.717) is 24.7 Å². The Balaban J connectivity index is 1.78. The number of alkyl halides is 1. The largest absolute Gasteiger partial charge is 0.383 e. The summed E-state index contributed by atoms with van der Waals surface area (Å²) < 4.78 is 22.1. The average Bonchev–Trinajstić information content (AvgIpc) is 3.42. The first kappa shape index (κ1) is 25.5. The van der Waals surface area contributed by atoms with Gasteiger partial charge in [-0.2, -0.15) is 10.2 Å². The molecule has 0 atom stereocenters. The molecule has 0 bridgehead atoms. The first-order chi connectivity index (χ1) is 16.4. The van der Waals surface area contributed by atoms with E-state index in [2.05, 4.69) is 20.5 Å². The van der Waals surface area contributed by atoms with Crippen molar-refractivity contribution in [2.45, 2.75) is 52.2 Å². The number of aromatic nitrogens is 4. The van der Waals surface area contributed by atoms with E-state index in [1.165, 1.54) is 10.9 Å². The molecular formula is C23H34FN7O3. The Bertz CT molecular complexity index is 1010. The van der Waals surface area contributed by atoms with Crippen LogP contribution in [0.5, 0.6) is 0 Å². The molecule has 0 aromatic carbocycles. The fraction of sp³-hybridized carbons (Fsp3) is 0.609. The van der Waals surface area contributed by atoms with Crippen molar-refractivity contribution >= 4 is 29.5 Å². The normalized spacial score (nSPS) is 18.7. The zero-order chi connectivity index (χ0) is 24.7. The molecule has 0 unspecified atom stereocenters. The summed E-state index contributed by atoms with van der Waals surface area (Å²) in [4.78, 5) is 30.8. The van der Waals surface area contributed by atoms with E-state index in [1.54, 1.807) is 25.0 Å². The lowest BCUT2D eigenvalue weighted by Crippen LogP contribution is -2.31. The van der Waals surface area contributed by atoms with Crippen molar-refractivity contribution in [2.75, 3.05) is 32.1 Å². The van der Waals surface area contributed by atoms with Crippen molar-refractivity contribution in [2.24, 2.45) is 18.0 Å². The molecule has 0 saturated heterocycles. The number of aryl methyl sites for hydroxylation is 1. The number of methoxy groups -OCH3 is 1. The van der Waals surface area contributed by atoms with Gasteiger partial charge in [0.2, 0.25) is 0 Å². The number of nitrogens with one attached hydrogen (secondary N) is 1. The van der Waals surface area contributed by atoms with Crippen LogP contribution in [-0.4, -0.2) is 69.3 Å². The van der Waals surface area contributed by atoms with Crippen LogP contribution < -0.4 is 5.32 Å². The van der Waals surface area contributed by atoms with Crippen LogP contribution in [0.4, 0.5) is 15.9 Å². The molecule has 2 aromatic rings. The Labute approximate surface area is 199 Å². The number of anilines is 1. The smallest absolute Gasteiger partial charge is 0.261 e. The van der Waals surface area contributed by atoms with Crippen molar-refractivity contribution in [1.82, 2.24) is 24.5 Å². The number of aldehydes is 1. The Kier molecular flexibility index (Phi) is 8.91. The minimum Gasteiger partial charge on any atom is -0.383 e. The molecule has 0 spiro atoms. The van der Waals surface area contributed by atoms with Gasteiger partial charge in [-0.25, -0.2) is 9.38 Å². The third-order valence-electron chi connectivity index (χ3n) is 6.32. The van der Waals surface area contributed by atoms with Gasteiger partial charge in [-0.3, -0.25) is 14.2 Å². The summed E-state index contributed by atoms with van der Waals surface area (Å²) in [7, 11) is 3.36. The average molecular weight is 476 g/mol. The number of amides is 1. The van der Waals surface area contributed by atoms with E-state index >= 15 is 0 Å². The summed E-state index contributed by atoms with van der Waals surface area (Å²) in [5, 5.41) is 11.3. The summed E-state index contributed by atoms with van der Waals surface area (Å²) >= 11 is 0. The summed E-state index contributed by atoms with van der Waals surface area (Å²) in [5.41, 5.74) is 0.789. The summed E-state index contributed by atoms with van der Waals surface area (Å²) in [6.07, 6.45) is 7.29. The number of likely N-dealkylation sites (N-methyl/N-ethyl adjacent to an activating group) is 1. The van der Waals surface area contributed by atoms with Crippen LogP contribution in [0.3, 0.4) is 0 Å². The maximum atomic E-state index is 13.7. The molecule has 34 heavy (non-hydrogen) atoms. The van der Waals surface area contributed by atoms with E-state index in [0.717, 1.165) is 44.3 Å². The standard InChI is InChI=1S/C23H34FN7O3/c1-5-30(10-11-34-4)16(2)26-22-19(13-25-29(22)3)23(33)27-21-14-31(28-20(21)12-24)18-8-6-17(15-32)7-9-18/h13-15,17-18H,5-12H2,1-4H3,(H,27,33)/b26-16+. The molecule has 1 fully saturated rings. The predicted octanol–water partition coefficient (Wildman–Crippen LogP) is 3.29. The number of hydrogen-bond donors (Lipinski definition) is 1. The number of hydrogen-bond acceptors (Lipinski definition) is 6. The van der Waals surface area contributed by atoms with Gasteiger partial charge in [0.1, 0.15) is 30.1 Å². The van der Waals surface area contributed by atoms with Crippen molar-refractivity contribution in [3.63, 3.8) is 0 Å². The lowest BCUT2D eigenvalue weighted by atomic mass is 9.87. The molecule has 2 aromatic heterocycles. The highest BCUT2D eigenvalue weighted by Crippen LogP contribution is 2.32. The van der Waals surface area contributed by atoms with Crippen LogP contribution in [0.25, 0.3) is 0 Å². The van der Waals surface area contributed by atoms with Gasteiger partial charge in [0.15, 0.2) is 5.82 Å². The van der Waals surface area contributed by atoms with Crippen molar-refractivity contribution in [3.8, 4) is 0 Å². The molecular weight excluding hydrogens is 441 g/mol. The van der Waals surface area contributed by atoms with Crippen LogP contribution in [0.2, 0.25) is 0 Å². The van der Waals surface area contributed by atoms with E-state index in [4.69, 9.17) is 4.74 Å². The summed E-state index contributed by atoms with van der Waals surface area (Å²) in [6, 6.07) is 0.0838. The number of halogens is 1. The fourth-order valence-corrected chi connectivity index (χ4v) is 4.21. The first-order valence-corrected chi connectivity index (χ1v) is 11.6. The molecule has 1 N–H and O–H groups in total. The van der Waals surface area contributed by atoms with Gasteiger partial charge in [-0.15, -0.1) is 0 Å². The van der Waals surface area contributed by atoms with Gasteiger partial charge in [-0.1, -0.05) is 0 Å². The molecule has 1 amide bonds. The lowest BCUT2D eigenvalue weighted by Gasteiger charge is -2.25. The van der Waals surface area contributed by atoms with E-state index in [-0.39, 0.29) is 23.2 Å². The first-order valence-electron chi connectivity index (χ1n) is 11.6. The van der Waals surface area contributed by atoms with Gasteiger partial charge < -0.3 is 19.7 Å². The zero-order valence-electron chi connectivity index (χ0n) is 20.3. The molecule has 10 nitrogen and oxygen atoms in total. The SMILES string of the molecule is CCN(CCOC)/C(C)=N/c1c(C(=O)Nc2cn(C3CCC(C=O)CC3)nc2CF)cnn1C. The second-order valence-corrected chi connectivity index (χ2v) is 8.50. The quantitative estimate of drug-likeness (QED) is 0.321. The number of amidine groups is 1. The van der Waals surface area contributed by atoms with E-state index in [1.807, 2.05) is 18.7 Å². The molecule has 1 saturated carbocycles. The number of aliphatic imine (C=N–C) groups is 1. The van der Waals surface area contributed by atoms with Crippen molar-refractivity contribution in [1.29, 1.82) is 0 Å². The Morgan fingerprint density at radius 2 is 2.12 bits per heavy atom. The summed E-state index contributed by atoms with van der Waals surface area (Å²) in [6.45, 7) is 5.08. The summed E-state index contributed by atoms with van der Waals surface area (Å²) in [5.74, 6) is 0.795. The van der Waals surface area contributed by atoms with Gasteiger partial charge in [0, 0.05) is 39.4 Å². The number of nitrogens with zero attached hydrogens (tertiary/aromatic N) is 6. The highest BCUT2D eigenvalue weighted by atomic mass is 19.1. The van der Waals surface area contributed by atoms with Gasteiger partial charge >= 0.3 is 0 Å². The maximum absolute atomic E-state index is 13.7. The van der Waals surface area contributed by atoms with Crippen molar-refractivity contribution in [3.05, 3.63) is 23.7 Å². The molecule has 0 aliphatic heterocycles. The molecule has 2 heterocycles. The Morgan fingerprint density at radius 1 is 1.38 bits per heavy atom. The lowest BCUT2D eigenvalue weighted by molar-refractivity contribution is -0.112. The highest BCUT2D eigenvalue weighted by Gasteiger charge is 2.25. The minimum atomic E-state index is -0.797. The topological polar surface area (TPSA) is 107 Å². The van der Waals surface area contributed by atoms with Crippen LogP contribution in [0.1, 0.15) is 61.6 Å². The Morgan fingerprint density at radius 3 is 2.74 bits per heavy atom. The second-order valence-electron chi connectivity index (χ2n) is 8.50. The van der Waals surface area contributed by atoms with Crippen LogP contribution in [-0.2, 0) is 23.3 Å².